The summed E-state index contributed by atoms with van der Waals surface area (Å²) in [6, 6.07) is 0. The second-order valence-corrected chi connectivity index (χ2v) is 7.48. The molecule has 0 spiro atoms. The highest BCUT2D eigenvalue weighted by Gasteiger charge is 2.41. The summed E-state index contributed by atoms with van der Waals surface area (Å²) in [6.07, 6.45) is 0.766. The van der Waals surface area contributed by atoms with Gasteiger partial charge in [-0.05, 0) is 26.2 Å². The molecule has 0 saturated heterocycles. The fourth-order valence-electron chi connectivity index (χ4n) is 1.70. The van der Waals surface area contributed by atoms with Crippen LogP contribution in [-0.4, -0.2) is 19.3 Å². The van der Waals surface area contributed by atoms with Crippen molar-refractivity contribution < 1.29 is 13.2 Å². The highest BCUT2D eigenvalue weighted by Crippen LogP contribution is 2.38. The molecule has 1 aromatic heterocycles. The third kappa shape index (κ3) is 2.50. The number of thiazole rings is 1. The van der Waals surface area contributed by atoms with Gasteiger partial charge in [-0.1, -0.05) is 6.92 Å². The maximum absolute atomic E-state index is 12.0. The van der Waals surface area contributed by atoms with Crippen molar-refractivity contribution in [2.75, 3.05) is 0 Å². The Morgan fingerprint density at radius 3 is 2.47 bits per heavy atom. The third-order valence-electron chi connectivity index (χ3n) is 2.79. The molecule has 0 bridgehead atoms. The highest BCUT2D eigenvalue weighted by molar-refractivity contribution is 7.92. The van der Waals surface area contributed by atoms with Crippen molar-refractivity contribution in [3.8, 4) is 0 Å². The quantitative estimate of drug-likeness (QED) is 0.899. The molecule has 1 amide bonds. The van der Waals surface area contributed by atoms with Crippen LogP contribution < -0.4 is 4.72 Å². The molecule has 2 atom stereocenters. The summed E-state index contributed by atoms with van der Waals surface area (Å²) < 4.78 is 26.2. The van der Waals surface area contributed by atoms with Gasteiger partial charge >= 0.3 is 0 Å². The van der Waals surface area contributed by atoms with E-state index in [2.05, 4.69) is 9.71 Å². The first-order valence-electron chi connectivity index (χ1n) is 5.32. The Labute approximate surface area is 104 Å². The zero-order chi connectivity index (χ0) is 12.8. The lowest BCUT2D eigenvalue weighted by Gasteiger charge is -2.04. The van der Waals surface area contributed by atoms with Gasteiger partial charge in [-0.15, -0.1) is 11.3 Å². The number of carbonyl (C=O) groups excluding carboxylic acids is 1. The van der Waals surface area contributed by atoms with Gasteiger partial charge in [0.2, 0.25) is 5.91 Å². The van der Waals surface area contributed by atoms with E-state index in [4.69, 9.17) is 0 Å². The molecule has 0 radical (unpaired) electrons. The average Bonchev–Trinajstić information content (AvgIpc) is 2.81. The number of rotatable bonds is 3. The predicted molar refractivity (Wildman–Crippen MR) is 64.2 cm³/mol. The maximum Gasteiger partial charge on any atom is 0.275 e. The van der Waals surface area contributed by atoms with Crippen LogP contribution in [0.5, 0.6) is 0 Å². The van der Waals surface area contributed by atoms with Crippen molar-refractivity contribution in [1.29, 1.82) is 0 Å². The summed E-state index contributed by atoms with van der Waals surface area (Å²) in [6.45, 7) is 5.29. The molecule has 0 unspecified atom stereocenters. The first-order chi connectivity index (χ1) is 7.81. The van der Waals surface area contributed by atoms with Crippen LogP contribution in [0.4, 0.5) is 0 Å². The molecule has 17 heavy (non-hydrogen) atoms. The van der Waals surface area contributed by atoms with Crippen LogP contribution in [0.1, 0.15) is 24.0 Å². The molecule has 1 N–H and O–H groups in total. The van der Waals surface area contributed by atoms with E-state index in [1.165, 1.54) is 0 Å². The number of nitrogens with one attached hydrogen (secondary N) is 1. The van der Waals surface area contributed by atoms with Crippen molar-refractivity contribution in [2.45, 2.75) is 31.4 Å². The smallest absolute Gasteiger partial charge is 0.274 e. The minimum absolute atomic E-state index is 0.136. The van der Waals surface area contributed by atoms with Gasteiger partial charge in [-0.2, -0.15) is 0 Å². The Balaban J connectivity index is 2.19. The van der Waals surface area contributed by atoms with E-state index in [0.717, 1.165) is 17.8 Å². The van der Waals surface area contributed by atoms with E-state index >= 15 is 0 Å². The van der Waals surface area contributed by atoms with Crippen LogP contribution in [0.25, 0.3) is 0 Å². The fraction of sp³-hybridized carbons (Fsp3) is 0.600. The van der Waals surface area contributed by atoms with Crippen molar-refractivity contribution >= 4 is 27.3 Å². The summed E-state index contributed by atoms with van der Waals surface area (Å²) in [5.41, 5.74) is 0.441. The van der Waals surface area contributed by atoms with Crippen molar-refractivity contribution in [3.63, 3.8) is 0 Å². The summed E-state index contributed by atoms with van der Waals surface area (Å²) in [5.74, 6) is -0.267. The Morgan fingerprint density at radius 2 is 2.06 bits per heavy atom. The van der Waals surface area contributed by atoms with Gasteiger partial charge in [0.1, 0.15) is 0 Å². The van der Waals surface area contributed by atoms with Crippen LogP contribution in [0.15, 0.2) is 4.21 Å². The van der Waals surface area contributed by atoms with Gasteiger partial charge in [0.25, 0.3) is 10.0 Å². The highest BCUT2D eigenvalue weighted by atomic mass is 32.2. The Hall–Kier alpha value is -0.950. The molecule has 1 aliphatic carbocycles. The first kappa shape index (κ1) is 12.5. The van der Waals surface area contributed by atoms with E-state index in [0.29, 0.717) is 10.7 Å². The molecule has 1 aliphatic rings. The zero-order valence-electron chi connectivity index (χ0n) is 9.85. The lowest BCUT2D eigenvalue weighted by Crippen LogP contribution is -2.32. The van der Waals surface area contributed by atoms with Gasteiger partial charge < -0.3 is 0 Å². The second-order valence-electron chi connectivity index (χ2n) is 4.39. The number of hydrogen-bond donors (Lipinski definition) is 1. The van der Waals surface area contributed by atoms with E-state index in [1.807, 2.05) is 6.92 Å². The number of nitrogens with zero attached hydrogens (tertiary/aromatic N) is 1. The topological polar surface area (TPSA) is 76.1 Å². The maximum atomic E-state index is 12.0. The molecular formula is C10H14N2O3S2. The Kier molecular flexibility index (Phi) is 2.99. The van der Waals surface area contributed by atoms with Gasteiger partial charge in [0.15, 0.2) is 4.21 Å². The summed E-state index contributed by atoms with van der Waals surface area (Å²) in [4.78, 5) is 15.7. The monoisotopic (exact) mass is 274 g/mol. The predicted octanol–water partition coefficient (Wildman–Crippen LogP) is 1.22. The lowest BCUT2D eigenvalue weighted by molar-refractivity contribution is -0.120. The van der Waals surface area contributed by atoms with Gasteiger partial charge in [0, 0.05) is 5.92 Å². The Bertz CT molecular complexity index is 562. The number of aromatic nitrogens is 1. The summed E-state index contributed by atoms with van der Waals surface area (Å²) >= 11 is 1.08. The summed E-state index contributed by atoms with van der Waals surface area (Å²) in [5, 5.41) is 0.676. The number of carbonyl (C=O) groups is 1. The minimum Gasteiger partial charge on any atom is -0.274 e. The Morgan fingerprint density at radius 1 is 1.47 bits per heavy atom. The van der Waals surface area contributed by atoms with Gasteiger partial charge in [0.05, 0.1) is 10.7 Å². The molecule has 1 heterocycles. The molecule has 1 aromatic rings. The molecule has 1 saturated carbocycles. The summed E-state index contributed by atoms with van der Waals surface area (Å²) in [7, 11) is -3.74. The van der Waals surface area contributed by atoms with E-state index < -0.39 is 15.9 Å². The number of hydrogen-bond acceptors (Lipinski definition) is 5. The molecule has 2 rings (SSSR count). The van der Waals surface area contributed by atoms with Crippen LogP contribution in [0.3, 0.4) is 0 Å². The second kappa shape index (κ2) is 4.06. The number of sulfonamides is 1. The van der Waals surface area contributed by atoms with E-state index in [1.54, 1.807) is 13.8 Å². The van der Waals surface area contributed by atoms with Crippen LogP contribution >= 0.6 is 11.3 Å². The third-order valence-corrected chi connectivity index (χ3v) is 5.82. The minimum atomic E-state index is -3.74. The van der Waals surface area contributed by atoms with Gasteiger partial charge in [-0.25, -0.2) is 18.1 Å². The number of amides is 1. The molecule has 0 aliphatic heterocycles. The lowest BCUT2D eigenvalue weighted by atomic mass is 10.3. The van der Waals surface area contributed by atoms with Crippen LogP contribution in [0, 0.1) is 25.7 Å². The average molecular weight is 274 g/mol. The molecule has 0 aromatic carbocycles. The van der Waals surface area contributed by atoms with E-state index in [-0.39, 0.29) is 16.0 Å². The largest absolute Gasteiger partial charge is 0.275 e. The van der Waals surface area contributed by atoms with Gasteiger partial charge in [-0.3, -0.25) is 4.79 Å². The molecule has 94 valence electrons. The normalized spacial score (nSPS) is 23.5. The van der Waals surface area contributed by atoms with Crippen molar-refractivity contribution in [1.82, 2.24) is 9.71 Å². The molecule has 5 nitrogen and oxygen atoms in total. The molecular weight excluding hydrogens is 260 g/mol. The van der Waals surface area contributed by atoms with Crippen molar-refractivity contribution in [2.24, 2.45) is 11.8 Å². The molecule has 7 heteroatoms. The standard InChI is InChI=1S/C10H14N2O3S2/c1-5-4-8(5)9(13)12-17(14,15)10-6(2)11-7(3)16-10/h5,8H,4H2,1-3H3,(H,12,13)/t5-,8+/m0/s1. The first-order valence-corrected chi connectivity index (χ1v) is 7.62. The van der Waals surface area contributed by atoms with Crippen molar-refractivity contribution in [3.05, 3.63) is 10.7 Å². The fourth-order valence-corrected chi connectivity index (χ4v) is 4.22. The SMILES string of the molecule is Cc1nc(C)c(S(=O)(=O)NC(=O)[C@@H]2C[C@@H]2C)s1. The number of aryl methyl sites for hydroxylation is 2. The zero-order valence-corrected chi connectivity index (χ0v) is 11.5. The van der Waals surface area contributed by atoms with Crippen LogP contribution in [-0.2, 0) is 14.8 Å². The molecule has 1 fully saturated rings. The van der Waals surface area contributed by atoms with Crippen LogP contribution in [0.2, 0.25) is 0 Å². The van der Waals surface area contributed by atoms with E-state index in [9.17, 15) is 13.2 Å².